The first kappa shape index (κ1) is 19.7. The van der Waals surface area contributed by atoms with Gasteiger partial charge >= 0.3 is 0 Å². The number of H-pyrrole nitrogens is 1. The van der Waals surface area contributed by atoms with Gasteiger partial charge in [-0.2, -0.15) is 0 Å². The van der Waals surface area contributed by atoms with Crippen LogP contribution >= 0.6 is 0 Å². The molecule has 0 unspecified atom stereocenters. The molecule has 5 nitrogen and oxygen atoms in total. The molecule has 3 heterocycles. The van der Waals surface area contributed by atoms with Crippen molar-refractivity contribution in [2.75, 3.05) is 13.1 Å². The van der Waals surface area contributed by atoms with Crippen molar-refractivity contribution in [3.8, 4) is 22.4 Å². The molecule has 0 bridgehead atoms. The first-order valence-electron chi connectivity index (χ1n) is 10.8. The van der Waals surface area contributed by atoms with E-state index < -0.39 is 0 Å². The van der Waals surface area contributed by atoms with Gasteiger partial charge in [-0.05, 0) is 49.2 Å². The van der Waals surface area contributed by atoms with Gasteiger partial charge in [-0.3, -0.25) is 9.69 Å². The number of nitrogens with two attached hydrogens (primary N) is 1. The van der Waals surface area contributed by atoms with Crippen LogP contribution in [0.5, 0.6) is 0 Å². The van der Waals surface area contributed by atoms with E-state index in [1.165, 1.54) is 5.56 Å². The summed E-state index contributed by atoms with van der Waals surface area (Å²) in [5, 5.41) is 0.602. The zero-order valence-electron chi connectivity index (χ0n) is 17.4. The van der Waals surface area contributed by atoms with Gasteiger partial charge in [0.1, 0.15) is 0 Å². The molecule has 2 aromatic carbocycles. The Morgan fingerprint density at radius 1 is 0.968 bits per heavy atom. The van der Waals surface area contributed by atoms with Gasteiger partial charge in [0.2, 0.25) is 0 Å². The summed E-state index contributed by atoms with van der Waals surface area (Å²) >= 11 is 0. The lowest BCUT2D eigenvalue weighted by molar-refractivity contribution is 0.205. The molecule has 1 fully saturated rings. The van der Waals surface area contributed by atoms with Crippen LogP contribution in [0, 0.1) is 0 Å². The van der Waals surface area contributed by atoms with Gasteiger partial charge in [-0.25, -0.2) is 4.98 Å². The van der Waals surface area contributed by atoms with Crippen LogP contribution in [0.1, 0.15) is 18.4 Å². The van der Waals surface area contributed by atoms with E-state index in [1.54, 1.807) is 6.20 Å². The highest BCUT2D eigenvalue weighted by molar-refractivity contribution is 5.91. The van der Waals surface area contributed by atoms with E-state index in [-0.39, 0.29) is 5.56 Å². The Morgan fingerprint density at radius 3 is 2.45 bits per heavy atom. The van der Waals surface area contributed by atoms with Gasteiger partial charge in [-0.15, -0.1) is 0 Å². The second kappa shape index (κ2) is 8.46. The van der Waals surface area contributed by atoms with E-state index in [9.17, 15) is 4.79 Å². The molecule has 156 valence electrons. The van der Waals surface area contributed by atoms with Gasteiger partial charge in [0.25, 0.3) is 5.56 Å². The number of aromatic amines is 1. The van der Waals surface area contributed by atoms with Crippen LogP contribution in [0.2, 0.25) is 0 Å². The second-order valence-corrected chi connectivity index (χ2v) is 8.30. The lowest BCUT2D eigenvalue weighted by atomic mass is 9.97. The van der Waals surface area contributed by atoms with Crippen LogP contribution in [0.25, 0.3) is 33.3 Å². The minimum Gasteiger partial charge on any atom is -0.328 e. The highest BCUT2D eigenvalue weighted by Crippen LogP contribution is 2.32. The normalized spacial score (nSPS) is 15.4. The monoisotopic (exact) mass is 410 g/mol. The second-order valence-electron chi connectivity index (χ2n) is 8.30. The third-order valence-electron chi connectivity index (χ3n) is 6.10. The van der Waals surface area contributed by atoms with Crippen molar-refractivity contribution >= 4 is 10.9 Å². The molecule has 5 rings (SSSR count). The Balaban J connectivity index is 1.52. The first-order chi connectivity index (χ1) is 15.2. The quantitative estimate of drug-likeness (QED) is 0.529. The lowest BCUT2D eigenvalue weighted by Gasteiger charge is -2.30. The van der Waals surface area contributed by atoms with Crippen LogP contribution in [0.4, 0.5) is 0 Å². The van der Waals surface area contributed by atoms with Gasteiger partial charge in [0.05, 0.1) is 16.6 Å². The summed E-state index contributed by atoms with van der Waals surface area (Å²) in [6.45, 7) is 3.06. The molecule has 0 saturated carbocycles. The summed E-state index contributed by atoms with van der Waals surface area (Å²) < 4.78 is 0. The highest BCUT2D eigenvalue weighted by atomic mass is 16.1. The maximum atomic E-state index is 12.4. The van der Waals surface area contributed by atoms with Crippen LogP contribution < -0.4 is 11.3 Å². The van der Waals surface area contributed by atoms with Crippen LogP contribution in [0.3, 0.4) is 0 Å². The highest BCUT2D eigenvalue weighted by Gasteiger charge is 2.17. The Bertz CT molecular complexity index is 1240. The molecule has 0 spiro atoms. The summed E-state index contributed by atoms with van der Waals surface area (Å²) in [7, 11) is 0. The Hall–Kier alpha value is -3.28. The first-order valence-corrected chi connectivity index (χ1v) is 10.8. The number of pyridine rings is 2. The van der Waals surface area contributed by atoms with Crippen LogP contribution in [-0.4, -0.2) is 34.0 Å². The predicted octanol–water partition coefficient (Wildman–Crippen LogP) is 4.18. The van der Waals surface area contributed by atoms with E-state index in [2.05, 4.69) is 46.3 Å². The van der Waals surface area contributed by atoms with E-state index in [4.69, 9.17) is 10.7 Å². The van der Waals surface area contributed by atoms with Crippen molar-refractivity contribution in [1.82, 2.24) is 14.9 Å². The fourth-order valence-corrected chi connectivity index (χ4v) is 4.31. The summed E-state index contributed by atoms with van der Waals surface area (Å²) in [4.78, 5) is 22.5. The fraction of sp³-hybridized carbons (Fsp3) is 0.231. The average Bonchev–Trinajstić information content (AvgIpc) is 2.81. The number of fused-ring (bicyclic) bond motifs is 1. The number of piperidine rings is 1. The Labute approximate surface area is 181 Å². The van der Waals surface area contributed by atoms with Crippen molar-refractivity contribution in [1.29, 1.82) is 0 Å². The number of likely N-dealkylation sites (tertiary alicyclic amines) is 1. The minimum absolute atomic E-state index is 0.120. The Morgan fingerprint density at radius 2 is 1.71 bits per heavy atom. The number of aromatic nitrogens is 2. The van der Waals surface area contributed by atoms with Crippen molar-refractivity contribution in [2.45, 2.75) is 25.4 Å². The molecular formula is C26H26N4O. The number of nitrogens with zero attached hydrogens (tertiary/aromatic N) is 2. The molecule has 4 aromatic rings. The molecule has 5 heteroatoms. The largest absolute Gasteiger partial charge is 0.328 e. The minimum atomic E-state index is -0.120. The third-order valence-corrected chi connectivity index (χ3v) is 6.10. The standard InChI is InChI=1S/C26H26N4O/c27-21-11-14-30(15-12-21)17-18-6-8-20(9-7-18)25-22(19-4-2-1-3-5-19)16-23-24(29-25)10-13-28-26(23)31/h1-10,13,16,21H,11-12,14-15,17,27H2,(H,28,31). The average molecular weight is 411 g/mol. The maximum absolute atomic E-state index is 12.4. The zero-order chi connectivity index (χ0) is 21.2. The van der Waals surface area contributed by atoms with Crippen molar-refractivity contribution in [3.63, 3.8) is 0 Å². The smallest absolute Gasteiger partial charge is 0.257 e. The number of hydrogen-bond acceptors (Lipinski definition) is 4. The third kappa shape index (κ3) is 4.15. The molecule has 2 aromatic heterocycles. The summed E-state index contributed by atoms with van der Waals surface area (Å²) in [5.41, 5.74) is 11.8. The zero-order valence-corrected chi connectivity index (χ0v) is 17.4. The van der Waals surface area contributed by atoms with Crippen molar-refractivity contribution in [2.24, 2.45) is 5.73 Å². The molecule has 31 heavy (non-hydrogen) atoms. The lowest BCUT2D eigenvalue weighted by Crippen LogP contribution is -2.39. The SMILES string of the molecule is NC1CCN(Cc2ccc(-c3nc4cc[nH]c(=O)c4cc3-c3ccccc3)cc2)CC1. The summed E-state index contributed by atoms with van der Waals surface area (Å²) in [6.07, 6.45) is 3.79. The number of benzene rings is 2. The number of hydrogen-bond donors (Lipinski definition) is 2. The van der Waals surface area contributed by atoms with Crippen molar-refractivity contribution < 1.29 is 0 Å². The molecule has 0 aliphatic carbocycles. The summed E-state index contributed by atoms with van der Waals surface area (Å²) in [5.74, 6) is 0. The molecule has 1 aliphatic heterocycles. The molecular weight excluding hydrogens is 384 g/mol. The van der Waals surface area contributed by atoms with E-state index in [0.29, 0.717) is 16.9 Å². The molecule has 1 aliphatic rings. The molecule has 3 N–H and O–H groups in total. The number of nitrogens with one attached hydrogen (secondary N) is 1. The fourth-order valence-electron chi connectivity index (χ4n) is 4.31. The topological polar surface area (TPSA) is 75.0 Å². The van der Waals surface area contributed by atoms with Gasteiger partial charge in [0.15, 0.2) is 0 Å². The van der Waals surface area contributed by atoms with E-state index >= 15 is 0 Å². The maximum Gasteiger partial charge on any atom is 0.257 e. The summed E-state index contributed by atoms with van der Waals surface area (Å²) in [6, 6.07) is 22.9. The van der Waals surface area contributed by atoms with Gasteiger partial charge in [-0.1, -0.05) is 54.6 Å². The van der Waals surface area contributed by atoms with Crippen LogP contribution in [0.15, 0.2) is 77.7 Å². The van der Waals surface area contributed by atoms with E-state index in [0.717, 1.165) is 54.9 Å². The molecule has 0 radical (unpaired) electrons. The predicted molar refractivity (Wildman–Crippen MR) is 126 cm³/mol. The molecule has 0 amide bonds. The van der Waals surface area contributed by atoms with Gasteiger partial charge in [0, 0.05) is 29.9 Å². The Kier molecular flexibility index (Phi) is 5.37. The van der Waals surface area contributed by atoms with Crippen LogP contribution in [-0.2, 0) is 6.54 Å². The van der Waals surface area contributed by atoms with E-state index in [1.807, 2.05) is 30.3 Å². The molecule has 1 saturated heterocycles. The van der Waals surface area contributed by atoms with Crippen molar-refractivity contribution in [3.05, 3.63) is 88.8 Å². The van der Waals surface area contributed by atoms with Gasteiger partial charge < -0.3 is 10.7 Å². The number of rotatable bonds is 4. The molecule has 0 atom stereocenters.